The zero-order valence-electron chi connectivity index (χ0n) is 23.3. The number of pyridine rings is 1. The highest BCUT2D eigenvalue weighted by Crippen LogP contribution is 2.36. The highest BCUT2D eigenvalue weighted by atomic mass is 32.2. The standard InChI is InChI=1S/C30H31N9O2S/c1-19-13-27(36-35-19)33-30-25-5-3-4-6-26(25)32-29(34-30)21-9-12-28(31-15-21)38-17-23-14-24(18-38)39(23)16-20-7-10-22(11-8-20)37-42(2,40)41/h3-13,15,23-24,37H,14,16-18H2,1-2H3,(H2,32,33,34,35,36). The molecule has 2 bridgehead atoms. The summed E-state index contributed by atoms with van der Waals surface area (Å²) in [5.74, 6) is 2.96. The summed E-state index contributed by atoms with van der Waals surface area (Å²) in [5, 5.41) is 11.5. The van der Waals surface area contributed by atoms with Crippen molar-refractivity contribution in [1.29, 1.82) is 0 Å². The number of aryl methyl sites for hydroxylation is 1. The van der Waals surface area contributed by atoms with E-state index in [1.807, 2.05) is 73.8 Å². The molecular weight excluding hydrogens is 550 g/mol. The third-order valence-electron chi connectivity index (χ3n) is 7.85. The lowest BCUT2D eigenvalue weighted by Crippen LogP contribution is -2.68. The minimum absolute atomic E-state index is 0.460. The second-order valence-electron chi connectivity index (χ2n) is 11.1. The maximum Gasteiger partial charge on any atom is 0.229 e. The maximum absolute atomic E-state index is 11.5. The van der Waals surface area contributed by atoms with Crippen molar-refractivity contribution in [2.45, 2.75) is 32.0 Å². The summed E-state index contributed by atoms with van der Waals surface area (Å²) in [6.45, 7) is 4.64. The summed E-state index contributed by atoms with van der Waals surface area (Å²) in [6.07, 6.45) is 4.19. The molecule has 2 aromatic carbocycles. The summed E-state index contributed by atoms with van der Waals surface area (Å²) < 4.78 is 25.5. The summed E-state index contributed by atoms with van der Waals surface area (Å²) in [4.78, 5) is 19.3. The van der Waals surface area contributed by atoms with Crippen LogP contribution in [0, 0.1) is 6.92 Å². The second-order valence-corrected chi connectivity index (χ2v) is 12.8. The quantitative estimate of drug-likeness (QED) is 0.245. The third-order valence-corrected chi connectivity index (χ3v) is 8.46. The van der Waals surface area contributed by atoms with Gasteiger partial charge in [-0.15, -0.1) is 0 Å². The summed E-state index contributed by atoms with van der Waals surface area (Å²) in [6, 6.07) is 22.5. The second kappa shape index (κ2) is 10.4. The van der Waals surface area contributed by atoms with Gasteiger partial charge in [0.05, 0.1) is 11.8 Å². The van der Waals surface area contributed by atoms with E-state index in [0.29, 0.717) is 35.2 Å². The molecule has 3 aliphatic rings. The van der Waals surface area contributed by atoms with Crippen molar-refractivity contribution in [3.8, 4) is 11.4 Å². The van der Waals surface area contributed by atoms with Crippen LogP contribution in [0.5, 0.6) is 0 Å². The number of piperidine rings is 1. The van der Waals surface area contributed by atoms with E-state index in [1.165, 1.54) is 12.0 Å². The Bertz CT molecular complexity index is 1840. The first-order chi connectivity index (χ1) is 20.3. The van der Waals surface area contributed by atoms with Crippen molar-refractivity contribution >= 4 is 44.1 Å². The fraction of sp³-hybridized carbons (Fsp3) is 0.267. The van der Waals surface area contributed by atoms with Crippen LogP contribution in [0.15, 0.2) is 72.9 Å². The summed E-state index contributed by atoms with van der Waals surface area (Å²) >= 11 is 0. The Labute approximate surface area is 244 Å². The fourth-order valence-corrected chi connectivity index (χ4v) is 6.41. The molecule has 3 fully saturated rings. The first-order valence-corrected chi connectivity index (χ1v) is 15.8. The molecule has 0 saturated carbocycles. The predicted octanol–water partition coefficient (Wildman–Crippen LogP) is 4.30. The molecule has 0 aliphatic carbocycles. The number of hydrogen-bond donors (Lipinski definition) is 3. The molecule has 5 aromatic rings. The van der Waals surface area contributed by atoms with Gasteiger partial charge in [0.15, 0.2) is 11.6 Å². The largest absolute Gasteiger partial charge is 0.353 e. The van der Waals surface area contributed by atoms with Crippen LogP contribution < -0.4 is 14.9 Å². The minimum Gasteiger partial charge on any atom is -0.353 e. The van der Waals surface area contributed by atoms with Crippen molar-refractivity contribution < 1.29 is 8.42 Å². The number of H-pyrrole nitrogens is 1. The van der Waals surface area contributed by atoms with Crippen LogP contribution in [0.2, 0.25) is 0 Å². The molecule has 3 aromatic heterocycles. The lowest BCUT2D eigenvalue weighted by Gasteiger charge is -2.56. The molecule has 2 atom stereocenters. The van der Waals surface area contributed by atoms with Gasteiger partial charge in [-0.1, -0.05) is 24.3 Å². The van der Waals surface area contributed by atoms with Gasteiger partial charge in [0.25, 0.3) is 0 Å². The van der Waals surface area contributed by atoms with E-state index in [2.05, 4.69) is 36.1 Å². The molecule has 6 heterocycles. The number of piperazine rings is 1. The van der Waals surface area contributed by atoms with Gasteiger partial charge < -0.3 is 10.2 Å². The lowest BCUT2D eigenvalue weighted by atomic mass is 9.86. The zero-order chi connectivity index (χ0) is 28.8. The van der Waals surface area contributed by atoms with Gasteiger partial charge in [0.1, 0.15) is 11.6 Å². The van der Waals surface area contributed by atoms with E-state index in [-0.39, 0.29) is 0 Å². The molecule has 2 unspecified atom stereocenters. The number of aromatic amines is 1. The molecule has 0 spiro atoms. The van der Waals surface area contributed by atoms with E-state index in [9.17, 15) is 8.42 Å². The first kappa shape index (κ1) is 26.4. The average molecular weight is 582 g/mol. The van der Waals surface area contributed by atoms with Crippen LogP contribution in [0.4, 0.5) is 23.1 Å². The zero-order valence-corrected chi connectivity index (χ0v) is 24.1. The molecule has 3 aliphatic heterocycles. The molecule has 8 rings (SSSR count). The monoisotopic (exact) mass is 581 g/mol. The maximum atomic E-state index is 11.5. The van der Waals surface area contributed by atoms with Crippen LogP contribution in [0.25, 0.3) is 22.3 Å². The number of fused-ring (bicyclic) bond motifs is 3. The number of nitrogens with zero attached hydrogens (tertiary/aromatic N) is 6. The van der Waals surface area contributed by atoms with Crippen molar-refractivity contribution in [3.63, 3.8) is 0 Å². The minimum atomic E-state index is -3.28. The van der Waals surface area contributed by atoms with Crippen LogP contribution in [-0.2, 0) is 16.6 Å². The van der Waals surface area contributed by atoms with Gasteiger partial charge in [-0.3, -0.25) is 14.7 Å². The molecule has 11 nitrogen and oxygen atoms in total. The highest BCUT2D eigenvalue weighted by molar-refractivity contribution is 7.92. The first-order valence-electron chi connectivity index (χ1n) is 13.9. The van der Waals surface area contributed by atoms with Gasteiger partial charge in [0, 0.05) is 66.3 Å². The molecule has 214 valence electrons. The number of para-hydroxylation sites is 1. The number of nitrogens with one attached hydrogen (secondary N) is 3. The lowest BCUT2D eigenvalue weighted by molar-refractivity contribution is -0.00867. The molecular formula is C30H31N9O2S. The third kappa shape index (κ3) is 5.38. The Hall–Kier alpha value is -4.55. The Kier molecular flexibility index (Phi) is 6.51. The normalized spacial score (nSPS) is 18.6. The van der Waals surface area contributed by atoms with E-state index in [4.69, 9.17) is 15.0 Å². The van der Waals surface area contributed by atoms with Gasteiger partial charge in [-0.25, -0.2) is 23.4 Å². The van der Waals surface area contributed by atoms with Gasteiger partial charge >= 0.3 is 0 Å². The average Bonchev–Trinajstić information content (AvgIpc) is 3.40. The van der Waals surface area contributed by atoms with Crippen molar-refractivity contribution in [2.75, 3.05) is 34.3 Å². The van der Waals surface area contributed by atoms with Crippen molar-refractivity contribution in [3.05, 3.63) is 84.2 Å². The molecule has 0 radical (unpaired) electrons. The summed E-state index contributed by atoms with van der Waals surface area (Å²) in [5.41, 5.74) is 4.42. The number of aromatic nitrogens is 5. The van der Waals surface area contributed by atoms with E-state index >= 15 is 0 Å². The number of hydrogen-bond acceptors (Lipinski definition) is 9. The van der Waals surface area contributed by atoms with Crippen molar-refractivity contribution in [1.82, 2.24) is 30.0 Å². The summed E-state index contributed by atoms with van der Waals surface area (Å²) in [7, 11) is -3.28. The van der Waals surface area contributed by atoms with Crippen LogP contribution in [0.3, 0.4) is 0 Å². The topological polar surface area (TPSA) is 132 Å². The van der Waals surface area contributed by atoms with Crippen LogP contribution in [-0.4, -0.2) is 69.9 Å². The number of anilines is 4. The number of rotatable bonds is 8. The molecule has 0 amide bonds. The highest BCUT2D eigenvalue weighted by Gasteiger charge is 2.44. The Morgan fingerprint density at radius 2 is 1.79 bits per heavy atom. The van der Waals surface area contributed by atoms with Crippen LogP contribution in [0.1, 0.15) is 17.7 Å². The van der Waals surface area contributed by atoms with Crippen molar-refractivity contribution in [2.24, 2.45) is 0 Å². The molecule has 3 N–H and O–H groups in total. The Morgan fingerprint density at radius 1 is 1.00 bits per heavy atom. The Balaban J connectivity index is 1.04. The predicted molar refractivity (Wildman–Crippen MR) is 164 cm³/mol. The van der Waals surface area contributed by atoms with Gasteiger partial charge in [-0.2, -0.15) is 5.10 Å². The number of benzene rings is 2. The van der Waals surface area contributed by atoms with Gasteiger partial charge in [-0.05, 0) is 55.3 Å². The van der Waals surface area contributed by atoms with E-state index < -0.39 is 10.0 Å². The number of sulfonamides is 1. The Morgan fingerprint density at radius 3 is 2.48 bits per heavy atom. The fourth-order valence-electron chi connectivity index (χ4n) is 5.85. The molecule has 12 heteroatoms. The SMILES string of the molecule is Cc1cc(Nc2nc(-c3ccc(N4CC5CC(C4)N5Cc4ccc(NS(C)(=O)=O)cc4)nc3)nc3ccccc23)n[nH]1. The molecule has 3 saturated heterocycles. The van der Waals surface area contributed by atoms with Crippen LogP contribution >= 0.6 is 0 Å². The van der Waals surface area contributed by atoms with E-state index in [0.717, 1.165) is 53.9 Å². The smallest absolute Gasteiger partial charge is 0.229 e. The molecule has 42 heavy (non-hydrogen) atoms. The van der Waals surface area contributed by atoms with Gasteiger partial charge in [0.2, 0.25) is 10.0 Å². The van der Waals surface area contributed by atoms with E-state index in [1.54, 1.807) is 0 Å².